The molecule has 5 nitrogen and oxygen atoms in total. The van der Waals surface area contributed by atoms with Gasteiger partial charge in [-0.25, -0.2) is 9.78 Å². The van der Waals surface area contributed by atoms with Crippen LogP contribution in [0.1, 0.15) is 21.5 Å². The molecule has 0 aliphatic heterocycles. The molecule has 5 heteroatoms. The van der Waals surface area contributed by atoms with Gasteiger partial charge in [0, 0.05) is 17.3 Å². The van der Waals surface area contributed by atoms with Crippen LogP contribution in [0.4, 0.5) is 10.6 Å². The van der Waals surface area contributed by atoms with Gasteiger partial charge in [-0.1, -0.05) is 30.3 Å². The zero-order valence-corrected chi connectivity index (χ0v) is 11.0. The first-order chi connectivity index (χ1) is 9.70. The fourth-order valence-corrected chi connectivity index (χ4v) is 1.66. The van der Waals surface area contributed by atoms with Gasteiger partial charge in [-0.05, 0) is 18.6 Å². The van der Waals surface area contributed by atoms with E-state index in [1.807, 2.05) is 30.3 Å². The van der Waals surface area contributed by atoms with Crippen molar-refractivity contribution in [1.82, 2.24) is 4.98 Å². The van der Waals surface area contributed by atoms with Gasteiger partial charge in [0.25, 0.3) is 0 Å². The summed E-state index contributed by atoms with van der Waals surface area (Å²) in [5, 5.41) is 2.52. The van der Waals surface area contributed by atoms with E-state index in [0.717, 1.165) is 11.8 Å². The smallest absolute Gasteiger partial charge is 0.413 e. The first-order valence-corrected chi connectivity index (χ1v) is 6.09. The predicted octanol–water partition coefficient (Wildman–Crippen LogP) is 2.95. The fourth-order valence-electron chi connectivity index (χ4n) is 1.66. The third kappa shape index (κ3) is 3.41. The van der Waals surface area contributed by atoms with Crippen LogP contribution >= 0.6 is 0 Å². The minimum absolute atomic E-state index is 0.180. The number of ether oxygens (including phenoxy) is 1. The van der Waals surface area contributed by atoms with Crippen LogP contribution in [0.25, 0.3) is 0 Å². The van der Waals surface area contributed by atoms with Gasteiger partial charge in [0.1, 0.15) is 12.4 Å². The second-order valence-electron chi connectivity index (χ2n) is 4.18. The van der Waals surface area contributed by atoms with E-state index in [4.69, 9.17) is 4.74 Å². The summed E-state index contributed by atoms with van der Waals surface area (Å²) in [6.07, 6.45) is 1.58. The number of carbonyl (C=O) groups excluding carboxylic acids is 2. The van der Waals surface area contributed by atoms with Crippen molar-refractivity contribution in [2.45, 2.75) is 13.5 Å². The number of anilines is 1. The summed E-state index contributed by atoms with van der Waals surface area (Å²) in [7, 11) is 0. The molecule has 1 amide bonds. The molecular weight excluding hydrogens is 256 g/mol. The Morgan fingerprint density at radius 2 is 2.05 bits per heavy atom. The SMILES string of the molecule is Cc1c(C=O)ccnc1NC(=O)OCc1ccccc1. The average molecular weight is 270 g/mol. The Bertz CT molecular complexity index is 612. The Morgan fingerprint density at radius 1 is 1.30 bits per heavy atom. The summed E-state index contributed by atoms with van der Waals surface area (Å²) >= 11 is 0. The first kappa shape index (κ1) is 13.7. The van der Waals surface area contributed by atoms with Crippen LogP contribution in [0, 0.1) is 6.92 Å². The van der Waals surface area contributed by atoms with Gasteiger partial charge < -0.3 is 4.74 Å². The Hall–Kier alpha value is -2.69. The molecule has 0 saturated heterocycles. The number of aromatic nitrogens is 1. The van der Waals surface area contributed by atoms with Gasteiger partial charge in [-0.3, -0.25) is 10.1 Å². The molecule has 2 rings (SSSR count). The third-order valence-electron chi connectivity index (χ3n) is 2.81. The zero-order valence-electron chi connectivity index (χ0n) is 11.0. The van der Waals surface area contributed by atoms with E-state index in [0.29, 0.717) is 16.9 Å². The second kappa shape index (κ2) is 6.47. The van der Waals surface area contributed by atoms with Crippen LogP contribution in [0.5, 0.6) is 0 Å². The van der Waals surface area contributed by atoms with Crippen LogP contribution in [0.2, 0.25) is 0 Å². The summed E-state index contributed by atoms with van der Waals surface area (Å²) in [5.41, 5.74) is 1.99. The molecular formula is C15H14N2O3. The molecule has 1 N–H and O–H groups in total. The highest BCUT2D eigenvalue weighted by Gasteiger charge is 2.09. The number of benzene rings is 1. The van der Waals surface area contributed by atoms with Crippen molar-refractivity contribution in [2.75, 3.05) is 5.32 Å². The molecule has 1 aromatic heterocycles. The van der Waals surface area contributed by atoms with E-state index in [1.165, 1.54) is 6.20 Å². The fraction of sp³-hybridized carbons (Fsp3) is 0.133. The zero-order chi connectivity index (χ0) is 14.4. The Kier molecular flexibility index (Phi) is 4.44. The quantitative estimate of drug-likeness (QED) is 0.867. The summed E-state index contributed by atoms with van der Waals surface area (Å²) in [6.45, 7) is 1.89. The molecule has 2 aromatic rings. The van der Waals surface area contributed by atoms with Crippen molar-refractivity contribution < 1.29 is 14.3 Å². The van der Waals surface area contributed by atoms with E-state index >= 15 is 0 Å². The molecule has 0 aliphatic rings. The monoisotopic (exact) mass is 270 g/mol. The number of amides is 1. The van der Waals surface area contributed by atoms with E-state index in [9.17, 15) is 9.59 Å². The van der Waals surface area contributed by atoms with Gasteiger partial charge >= 0.3 is 6.09 Å². The van der Waals surface area contributed by atoms with Crippen molar-refractivity contribution in [1.29, 1.82) is 0 Å². The number of hydrogen-bond acceptors (Lipinski definition) is 4. The normalized spacial score (nSPS) is 9.85. The summed E-state index contributed by atoms with van der Waals surface area (Å²) in [5.74, 6) is 0.327. The highest BCUT2D eigenvalue weighted by atomic mass is 16.5. The van der Waals surface area contributed by atoms with E-state index in [1.54, 1.807) is 13.0 Å². The number of nitrogens with one attached hydrogen (secondary N) is 1. The largest absolute Gasteiger partial charge is 0.444 e. The molecule has 0 unspecified atom stereocenters. The molecule has 1 heterocycles. The lowest BCUT2D eigenvalue weighted by molar-refractivity contribution is 0.112. The molecule has 0 aliphatic carbocycles. The number of hydrogen-bond donors (Lipinski definition) is 1. The van der Waals surface area contributed by atoms with Crippen molar-refractivity contribution in [2.24, 2.45) is 0 Å². The van der Waals surface area contributed by atoms with E-state index < -0.39 is 6.09 Å². The van der Waals surface area contributed by atoms with Crippen molar-refractivity contribution in [3.05, 3.63) is 59.3 Å². The minimum atomic E-state index is -0.604. The lowest BCUT2D eigenvalue weighted by Gasteiger charge is -2.09. The molecule has 102 valence electrons. The highest BCUT2D eigenvalue weighted by molar-refractivity contribution is 5.87. The van der Waals surface area contributed by atoms with Crippen molar-refractivity contribution in [3.8, 4) is 0 Å². The first-order valence-electron chi connectivity index (χ1n) is 6.09. The van der Waals surface area contributed by atoms with Gasteiger partial charge in [-0.15, -0.1) is 0 Å². The maximum Gasteiger partial charge on any atom is 0.413 e. The third-order valence-corrected chi connectivity index (χ3v) is 2.81. The molecule has 0 atom stereocenters. The van der Waals surface area contributed by atoms with Gasteiger partial charge in [0.15, 0.2) is 6.29 Å². The minimum Gasteiger partial charge on any atom is -0.444 e. The second-order valence-corrected chi connectivity index (χ2v) is 4.18. The topological polar surface area (TPSA) is 68.3 Å². The number of carbonyl (C=O) groups is 2. The van der Waals surface area contributed by atoms with Crippen LogP contribution in [0.3, 0.4) is 0 Å². The van der Waals surface area contributed by atoms with Gasteiger partial charge in [0.05, 0.1) is 0 Å². The summed E-state index contributed by atoms with van der Waals surface area (Å²) in [6, 6.07) is 10.9. The van der Waals surface area contributed by atoms with Crippen LogP contribution < -0.4 is 5.32 Å². The highest BCUT2D eigenvalue weighted by Crippen LogP contribution is 2.14. The van der Waals surface area contributed by atoms with E-state index in [2.05, 4.69) is 10.3 Å². The molecule has 20 heavy (non-hydrogen) atoms. The average Bonchev–Trinajstić information content (AvgIpc) is 2.48. The summed E-state index contributed by atoms with van der Waals surface area (Å²) in [4.78, 5) is 26.5. The number of pyridine rings is 1. The Morgan fingerprint density at radius 3 is 2.75 bits per heavy atom. The standard InChI is InChI=1S/C15H14N2O3/c1-11-13(9-18)7-8-16-14(11)17-15(19)20-10-12-5-3-2-4-6-12/h2-9H,10H2,1H3,(H,16,17,19). The van der Waals surface area contributed by atoms with Crippen LogP contribution in [-0.4, -0.2) is 17.4 Å². The lowest BCUT2D eigenvalue weighted by atomic mass is 10.1. The van der Waals surface area contributed by atoms with Crippen LogP contribution in [-0.2, 0) is 11.3 Å². The number of rotatable bonds is 4. The maximum absolute atomic E-state index is 11.7. The molecule has 0 bridgehead atoms. The number of aldehydes is 1. The van der Waals surface area contributed by atoms with Crippen molar-refractivity contribution >= 4 is 18.2 Å². The van der Waals surface area contributed by atoms with Gasteiger partial charge in [0.2, 0.25) is 0 Å². The maximum atomic E-state index is 11.7. The Labute approximate surface area is 116 Å². The molecule has 0 fully saturated rings. The molecule has 1 aromatic carbocycles. The lowest BCUT2D eigenvalue weighted by Crippen LogP contribution is -2.15. The van der Waals surface area contributed by atoms with E-state index in [-0.39, 0.29) is 6.61 Å². The van der Waals surface area contributed by atoms with Gasteiger partial charge in [-0.2, -0.15) is 0 Å². The number of nitrogens with zero attached hydrogens (tertiary/aromatic N) is 1. The Balaban J connectivity index is 1.97. The molecule has 0 radical (unpaired) electrons. The van der Waals surface area contributed by atoms with Crippen LogP contribution in [0.15, 0.2) is 42.6 Å². The predicted molar refractivity (Wildman–Crippen MR) is 74.6 cm³/mol. The molecule has 0 spiro atoms. The summed E-state index contributed by atoms with van der Waals surface area (Å²) < 4.78 is 5.08. The van der Waals surface area contributed by atoms with Crippen molar-refractivity contribution in [3.63, 3.8) is 0 Å². The molecule has 0 saturated carbocycles.